The summed E-state index contributed by atoms with van der Waals surface area (Å²) in [5, 5.41) is 11.2. The topological polar surface area (TPSA) is 67.8 Å². The summed E-state index contributed by atoms with van der Waals surface area (Å²) < 4.78 is 11.0. The number of amides is 1. The smallest absolute Gasteiger partial charge is 0.255 e. The Morgan fingerprint density at radius 2 is 2.22 bits per heavy atom. The molecular formula is C12H16BrNO4. The number of benzene rings is 1. The van der Waals surface area contributed by atoms with Crippen LogP contribution in [0.5, 0.6) is 5.75 Å². The molecule has 0 aliphatic rings. The first-order valence-corrected chi connectivity index (χ1v) is 6.28. The molecule has 0 unspecified atom stereocenters. The maximum atomic E-state index is 11.9. The standard InChI is InChI=1S/C12H16BrNO4/c1-17-11-8-9(13)2-3-10(11)12(16)14-4-6-18-7-5-15/h2-3,8,15H,4-7H2,1H3,(H,14,16). The van der Waals surface area contributed by atoms with Crippen LogP contribution in [0.25, 0.3) is 0 Å². The third-order valence-electron chi connectivity index (χ3n) is 2.18. The van der Waals surface area contributed by atoms with Gasteiger partial charge in [-0.05, 0) is 18.2 Å². The first-order chi connectivity index (χ1) is 8.69. The van der Waals surface area contributed by atoms with Crippen LogP contribution in [0.2, 0.25) is 0 Å². The summed E-state index contributed by atoms with van der Waals surface area (Å²) in [7, 11) is 1.52. The molecule has 5 nitrogen and oxygen atoms in total. The number of hydrogen-bond donors (Lipinski definition) is 2. The van der Waals surface area contributed by atoms with Crippen LogP contribution in [0.15, 0.2) is 22.7 Å². The molecule has 0 aromatic heterocycles. The second-order valence-corrected chi connectivity index (χ2v) is 4.35. The van der Waals surface area contributed by atoms with Crippen molar-refractivity contribution >= 4 is 21.8 Å². The number of halogens is 1. The monoisotopic (exact) mass is 317 g/mol. The molecule has 1 aromatic rings. The molecule has 0 spiro atoms. The summed E-state index contributed by atoms with van der Waals surface area (Å²) >= 11 is 3.31. The summed E-state index contributed by atoms with van der Waals surface area (Å²) in [4.78, 5) is 11.9. The van der Waals surface area contributed by atoms with Crippen molar-refractivity contribution in [3.63, 3.8) is 0 Å². The van der Waals surface area contributed by atoms with E-state index in [1.807, 2.05) is 0 Å². The minimum Gasteiger partial charge on any atom is -0.496 e. The van der Waals surface area contributed by atoms with Crippen molar-refractivity contribution in [2.45, 2.75) is 0 Å². The first kappa shape index (κ1) is 14.9. The fraction of sp³-hybridized carbons (Fsp3) is 0.417. The fourth-order valence-electron chi connectivity index (χ4n) is 1.35. The lowest BCUT2D eigenvalue weighted by Gasteiger charge is -2.09. The number of methoxy groups -OCH3 is 1. The first-order valence-electron chi connectivity index (χ1n) is 5.49. The van der Waals surface area contributed by atoms with Crippen molar-refractivity contribution in [1.29, 1.82) is 0 Å². The van der Waals surface area contributed by atoms with Gasteiger partial charge in [0.25, 0.3) is 5.91 Å². The Kier molecular flexibility index (Phi) is 6.70. The Balaban J connectivity index is 2.51. The van der Waals surface area contributed by atoms with Gasteiger partial charge in [0.2, 0.25) is 0 Å². The van der Waals surface area contributed by atoms with E-state index in [1.54, 1.807) is 18.2 Å². The summed E-state index contributed by atoms with van der Waals surface area (Å²) in [6.07, 6.45) is 0. The predicted molar refractivity (Wildman–Crippen MR) is 70.9 cm³/mol. The van der Waals surface area contributed by atoms with Crippen molar-refractivity contribution in [2.24, 2.45) is 0 Å². The number of carbonyl (C=O) groups is 1. The highest BCUT2D eigenvalue weighted by Crippen LogP contribution is 2.23. The van der Waals surface area contributed by atoms with E-state index in [0.29, 0.717) is 24.5 Å². The van der Waals surface area contributed by atoms with E-state index in [-0.39, 0.29) is 19.1 Å². The Bertz CT molecular complexity index is 398. The van der Waals surface area contributed by atoms with Crippen molar-refractivity contribution < 1.29 is 19.4 Å². The maximum absolute atomic E-state index is 11.9. The number of rotatable bonds is 7. The molecule has 1 rings (SSSR count). The van der Waals surface area contributed by atoms with E-state index in [9.17, 15) is 4.79 Å². The second-order valence-electron chi connectivity index (χ2n) is 3.44. The molecule has 0 aliphatic heterocycles. The molecule has 0 radical (unpaired) electrons. The van der Waals surface area contributed by atoms with Gasteiger partial charge in [0.1, 0.15) is 5.75 Å². The molecule has 0 saturated carbocycles. The number of aliphatic hydroxyl groups excluding tert-OH is 1. The van der Waals surface area contributed by atoms with Crippen LogP contribution in [-0.2, 0) is 4.74 Å². The molecule has 2 N–H and O–H groups in total. The molecule has 0 fully saturated rings. The highest BCUT2D eigenvalue weighted by molar-refractivity contribution is 9.10. The molecule has 0 saturated heterocycles. The normalized spacial score (nSPS) is 10.2. The Hall–Kier alpha value is -1.11. The van der Waals surface area contributed by atoms with Crippen LogP contribution < -0.4 is 10.1 Å². The molecular weight excluding hydrogens is 302 g/mol. The van der Waals surface area contributed by atoms with E-state index in [0.717, 1.165) is 4.47 Å². The maximum Gasteiger partial charge on any atom is 0.255 e. The van der Waals surface area contributed by atoms with Crippen molar-refractivity contribution in [1.82, 2.24) is 5.32 Å². The zero-order valence-electron chi connectivity index (χ0n) is 10.1. The van der Waals surface area contributed by atoms with E-state index in [4.69, 9.17) is 14.6 Å². The lowest BCUT2D eigenvalue weighted by atomic mass is 10.2. The molecule has 100 valence electrons. The van der Waals surface area contributed by atoms with Crippen molar-refractivity contribution in [3.8, 4) is 5.75 Å². The Labute approximate surface area is 114 Å². The number of ether oxygens (including phenoxy) is 2. The quantitative estimate of drug-likeness (QED) is 0.741. The van der Waals surface area contributed by atoms with Gasteiger partial charge >= 0.3 is 0 Å². The van der Waals surface area contributed by atoms with Crippen LogP contribution in [0.3, 0.4) is 0 Å². The third-order valence-corrected chi connectivity index (χ3v) is 2.67. The van der Waals surface area contributed by atoms with Gasteiger partial charge in [-0.15, -0.1) is 0 Å². The Morgan fingerprint density at radius 1 is 1.44 bits per heavy atom. The molecule has 0 atom stereocenters. The van der Waals surface area contributed by atoms with Gasteiger partial charge in [-0.25, -0.2) is 0 Å². The zero-order chi connectivity index (χ0) is 13.4. The van der Waals surface area contributed by atoms with Crippen LogP contribution in [0.1, 0.15) is 10.4 Å². The van der Waals surface area contributed by atoms with Gasteiger partial charge in [-0.3, -0.25) is 4.79 Å². The number of aliphatic hydroxyl groups is 1. The molecule has 0 heterocycles. The van der Waals surface area contributed by atoms with Gasteiger partial charge in [-0.2, -0.15) is 0 Å². The van der Waals surface area contributed by atoms with Crippen LogP contribution in [0.4, 0.5) is 0 Å². The molecule has 0 bridgehead atoms. The summed E-state index contributed by atoms with van der Waals surface area (Å²) in [6, 6.07) is 5.20. The van der Waals surface area contributed by atoms with Gasteiger partial charge < -0.3 is 19.9 Å². The van der Waals surface area contributed by atoms with Crippen LogP contribution in [-0.4, -0.2) is 44.5 Å². The minimum atomic E-state index is -0.216. The van der Waals surface area contributed by atoms with E-state index < -0.39 is 0 Å². The Morgan fingerprint density at radius 3 is 2.89 bits per heavy atom. The van der Waals surface area contributed by atoms with Gasteiger partial charge in [0.15, 0.2) is 0 Å². The zero-order valence-corrected chi connectivity index (χ0v) is 11.7. The molecule has 0 aliphatic carbocycles. The lowest BCUT2D eigenvalue weighted by molar-refractivity contribution is 0.0836. The van der Waals surface area contributed by atoms with Crippen LogP contribution in [0, 0.1) is 0 Å². The molecule has 1 amide bonds. The fourth-order valence-corrected chi connectivity index (χ4v) is 1.69. The molecule has 6 heteroatoms. The minimum absolute atomic E-state index is 0.0194. The second kappa shape index (κ2) is 8.07. The SMILES string of the molecule is COc1cc(Br)ccc1C(=O)NCCOCCO. The molecule has 1 aromatic carbocycles. The average molecular weight is 318 g/mol. The van der Waals surface area contributed by atoms with Gasteiger partial charge in [0, 0.05) is 11.0 Å². The van der Waals surface area contributed by atoms with E-state index in [1.165, 1.54) is 7.11 Å². The predicted octanol–water partition coefficient (Wildman–Crippen LogP) is 1.20. The van der Waals surface area contributed by atoms with E-state index in [2.05, 4.69) is 21.2 Å². The highest BCUT2D eigenvalue weighted by atomic mass is 79.9. The number of hydrogen-bond acceptors (Lipinski definition) is 4. The number of carbonyl (C=O) groups excluding carboxylic acids is 1. The van der Waals surface area contributed by atoms with Gasteiger partial charge in [0.05, 0.1) is 32.5 Å². The highest BCUT2D eigenvalue weighted by Gasteiger charge is 2.11. The summed E-state index contributed by atoms with van der Waals surface area (Å²) in [6.45, 7) is 1.01. The third kappa shape index (κ3) is 4.64. The molecule has 18 heavy (non-hydrogen) atoms. The summed E-state index contributed by atoms with van der Waals surface area (Å²) in [5.41, 5.74) is 0.475. The lowest BCUT2D eigenvalue weighted by Crippen LogP contribution is -2.27. The van der Waals surface area contributed by atoms with Crippen molar-refractivity contribution in [2.75, 3.05) is 33.5 Å². The number of nitrogens with one attached hydrogen (secondary N) is 1. The van der Waals surface area contributed by atoms with Crippen molar-refractivity contribution in [3.05, 3.63) is 28.2 Å². The van der Waals surface area contributed by atoms with Gasteiger partial charge in [-0.1, -0.05) is 15.9 Å². The van der Waals surface area contributed by atoms with E-state index >= 15 is 0 Å². The average Bonchev–Trinajstić information content (AvgIpc) is 2.38. The largest absolute Gasteiger partial charge is 0.496 e. The summed E-state index contributed by atoms with van der Waals surface area (Å²) in [5.74, 6) is 0.296. The van der Waals surface area contributed by atoms with Crippen LogP contribution >= 0.6 is 15.9 Å².